The van der Waals surface area contributed by atoms with Crippen LogP contribution in [0.4, 0.5) is 14.6 Å². The zero-order valence-electron chi connectivity index (χ0n) is 16.2. The fourth-order valence-electron chi connectivity index (χ4n) is 5.39. The van der Waals surface area contributed by atoms with E-state index in [4.69, 9.17) is 4.98 Å². The second-order valence-corrected chi connectivity index (χ2v) is 8.98. The Hall–Kier alpha value is -1.76. The Morgan fingerprint density at radius 1 is 1.11 bits per heavy atom. The second kappa shape index (κ2) is 6.94. The van der Waals surface area contributed by atoms with E-state index in [-0.39, 0.29) is 24.7 Å². The Morgan fingerprint density at radius 2 is 1.82 bits per heavy atom. The summed E-state index contributed by atoms with van der Waals surface area (Å²) in [6.45, 7) is 3.17. The van der Waals surface area contributed by atoms with Gasteiger partial charge >= 0.3 is 0 Å². The lowest BCUT2D eigenvalue weighted by atomic mass is 9.84. The molecule has 1 amide bonds. The number of fused-ring (bicyclic) bond motifs is 3. The minimum Gasteiger partial charge on any atom is -0.348 e. The monoisotopic (exact) mass is 390 g/mol. The molecule has 152 valence electrons. The molecule has 2 unspecified atom stereocenters. The number of carbonyl (C=O) groups is 1. The third-order valence-corrected chi connectivity index (χ3v) is 7.05. The lowest BCUT2D eigenvalue weighted by Gasteiger charge is -2.36. The Bertz CT molecular complexity index is 745. The van der Waals surface area contributed by atoms with E-state index >= 15 is 0 Å². The lowest BCUT2D eigenvalue weighted by molar-refractivity contribution is -0.134. The van der Waals surface area contributed by atoms with E-state index in [1.54, 1.807) is 0 Å². The summed E-state index contributed by atoms with van der Waals surface area (Å²) in [7, 11) is 0. The molecule has 4 aliphatic rings. The molecule has 1 aromatic heterocycles. The highest BCUT2D eigenvalue weighted by molar-refractivity contribution is 5.77. The fraction of sp³-hybridized carbons (Fsp3) is 0.714. The van der Waals surface area contributed by atoms with Crippen molar-refractivity contribution in [1.29, 1.82) is 0 Å². The molecule has 1 aliphatic carbocycles. The van der Waals surface area contributed by atoms with Gasteiger partial charge in [0, 0.05) is 51.0 Å². The third-order valence-electron chi connectivity index (χ3n) is 7.05. The standard InChI is InChI=1S/C21H28F2N4O/c22-21(23)7-5-14(6-8-21)9-20(28)26-12-15-1-4-19(25-18(15)13-26)27-16-2-3-17(27)11-24-10-16/h1,4,14,16-17,24H,2-3,5-13H2. The smallest absolute Gasteiger partial charge is 0.248 e. The Balaban J connectivity index is 1.23. The number of hydrogen-bond acceptors (Lipinski definition) is 4. The summed E-state index contributed by atoms with van der Waals surface area (Å²) < 4.78 is 26.7. The molecule has 0 aromatic carbocycles. The minimum absolute atomic E-state index is 0.0802. The first kappa shape index (κ1) is 18.3. The Morgan fingerprint density at radius 3 is 2.54 bits per heavy atom. The maximum atomic E-state index is 13.3. The number of rotatable bonds is 3. The molecule has 2 bridgehead atoms. The van der Waals surface area contributed by atoms with Crippen molar-refractivity contribution in [1.82, 2.24) is 15.2 Å². The molecule has 2 atom stereocenters. The van der Waals surface area contributed by atoms with Crippen LogP contribution < -0.4 is 10.2 Å². The first-order valence-electron chi connectivity index (χ1n) is 10.6. The summed E-state index contributed by atoms with van der Waals surface area (Å²) in [4.78, 5) is 22.0. The van der Waals surface area contributed by atoms with Crippen LogP contribution in [0.1, 0.15) is 56.2 Å². The Labute approximate surface area is 164 Å². The van der Waals surface area contributed by atoms with Crippen LogP contribution in [0.2, 0.25) is 0 Å². The van der Waals surface area contributed by atoms with Gasteiger partial charge < -0.3 is 15.1 Å². The van der Waals surface area contributed by atoms with Crippen molar-refractivity contribution in [2.75, 3.05) is 18.0 Å². The van der Waals surface area contributed by atoms with Gasteiger partial charge in [-0.25, -0.2) is 13.8 Å². The first-order chi connectivity index (χ1) is 13.5. The van der Waals surface area contributed by atoms with Gasteiger partial charge in [-0.05, 0) is 43.2 Å². The molecule has 1 aromatic rings. The molecule has 1 N–H and O–H groups in total. The van der Waals surface area contributed by atoms with Crippen LogP contribution in [0.15, 0.2) is 12.1 Å². The van der Waals surface area contributed by atoms with Crippen molar-refractivity contribution in [2.24, 2.45) is 5.92 Å². The molecule has 5 nitrogen and oxygen atoms in total. The molecular formula is C21H28F2N4O. The molecular weight excluding hydrogens is 362 g/mol. The average Bonchev–Trinajstić information content (AvgIpc) is 3.21. The predicted molar refractivity (Wildman–Crippen MR) is 102 cm³/mol. The van der Waals surface area contributed by atoms with Gasteiger partial charge in [-0.15, -0.1) is 0 Å². The number of nitrogens with zero attached hydrogens (tertiary/aromatic N) is 3. The molecule has 5 rings (SSSR count). The number of piperazine rings is 1. The number of hydrogen-bond donors (Lipinski definition) is 1. The zero-order valence-corrected chi connectivity index (χ0v) is 16.2. The lowest BCUT2D eigenvalue weighted by Crippen LogP contribution is -2.52. The highest BCUT2D eigenvalue weighted by atomic mass is 19.3. The maximum absolute atomic E-state index is 13.3. The van der Waals surface area contributed by atoms with Gasteiger partial charge in [0.2, 0.25) is 11.8 Å². The van der Waals surface area contributed by atoms with Crippen LogP contribution in [0.3, 0.4) is 0 Å². The van der Waals surface area contributed by atoms with Crippen molar-refractivity contribution in [3.05, 3.63) is 23.4 Å². The number of amides is 1. The molecule has 4 heterocycles. The molecule has 2 saturated heterocycles. The van der Waals surface area contributed by atoms with E-state index in [0.717, 1.165) is 30.2 Å². The summed E-state index contributed by atoms with van der Waals surface area (Å²) in [5.41, 5.74) is 2.12. The van der Waals surface area contributed by atoms with Gasteiger partial charge in [0.05, 0.1) is 12.2 Å². The molecule has 28 heavy (non-hydrogen) atoms. The Kier molecular flexibility index (Phi) is 4.53. The van der Waals surface area contributed by atoms with E-state index < -0.39 is 5.92 Å². The van der Waals surface area contributed by atoms with Crippen LogP contribution in [-0.4, -0.2) is 46.9 Å². The second-order valence-electron chi connectivity index (χ2n) is 8.98. The number of pyridine rings is 1. The topological polar surface area (TPSA) is 48.5 Å². The number of alkyl halides is 2. The minimum atomic E-state index is -2.53. The number of anilines is 1. The highest BCUT2D eigenvalue weighted by Gasteiger charge is 2.39. The van der Waals surface area contributed by atoms with Crippen LogP contribution >= 0.6 is 0 Å². The number of halogens is 2. The molecule has 0 radical (unpaired) electrons. The van der Waals surface area contributed by atoms with Gasteiger partial charge in [0.15, 0.2) is 0 Å². The summed E-state index contributed by atoms with van der Waals surface area (Å²) in [6.07, 6.45) is 3.55. The van der Waals surface area contributed by atoms with Gasteiger partial charge in [-0.3, -0.25) is 4.79 Å². The van der Waals surface area contributed by atoms with Crippen molar-refractivity contribution < 1.29 is 13.6 Å². The highest BCUT2D eigenvalue weighted by Crippen LogP contribution is 2.38. The number of carbonyl (C=O) groups excluding carboxylic acids is 1. The number of nitrogens with one attached hydrogen (secondary N) is 1. The van der Waals surface area contributed by atoms with Crippen molar-refractivity contribution in [3.63, 3.8) is 0 Å². The third kappa shape index (κ3) is 3.38. The molecule has 0 spiro atoms. The van der Waals surface area contributed by atoms with Crippen LogP contribution in [0, 0.1) is 5.92 Å². The first-order valence-corrected chi connectivity index (χ1v) is 10.6. The quantitative estimate of drug-likeness (QED) is 0.862. The summed E-state index contributed by atoms with van der Waals surface area (Å²) >= 11 is 0. The van der Waals surface area contributed by atoms with Crippen LogP contribution in [0.25, 0.3) is 0 Å². The maximum Gasteiger partial charge on any atom is 0.248 e. The van der Waals surface area contributed by atoms with Gasteiger partial charge in [0.1, 0.15) is 5.82 Å². The van der Waals surface area contributed by atoms with E-state index in [1.165, 1.54) is 12.8 Å². The van der Waals surface area contributed by atoms with Gasteiger partial charge in [-0.1, -0.05) is 6.07 Å². The zero-order chi connectivity index (χ0) is 19.3. The normalized spacial score (nSPS) is 29.2. The predicted octanol–water partition coefficient (Wildman–Crippen LogP) is 3.08. The van der Waals surface area contributed by atoms with E-state index in [2.05, 4.69) is 22.3 Å². The molecule has 3 fully saturated rings. The van der Waals surface area contributed by atoms with Crippen LogP contribution in [-0.2, 0) is 17.9 Å². The molecule has 3 aliphatic heterocycles. The fourth-order valence-corrected chi connectivity index (χ4v) is 5.39. The average molecular weight is 390 g/mol. The van der Waals surface area contributed by atoms with Crippen molar-refractivity contribution in [3.8, 4) is 0 Å². The largest absolute Gasteiger partial charge is 0.348 e. The van der Waals surface area contributed by atoms with Crippen LogP contribution in [0.5, 0.6) is 0 Å². The van der Waals surface area contributed by atoms with E-state index in [1.807, 2.05) is 4.90 Å². The van der Waals surface area contributed by atoms with E-state index in [9.17, 15) is 13.6 Å². The summed E-state index contributed by atoms with van der Waals surface area (Å²) in [6, 6.07) is 5.26. The van der Waals surface area contributed by atoms with E-state index in [0.29, 0.717) is 44.4 Å². The van der Waals surface area contributed by atoms with Crippen molar-refractivity contribution >= 4 is 11.7 Å². The van der Waals surface area contributed by atoms with Gasteiger partial charge in [-0.2, -0.15) is 0 Å². The molecule has 7 heteroatoms. The van der Waals surface area contributed by atoms with Crippen molar-refractivity contribution in [2.45, 2.75) is 76.0 Å². The number of aromatic nitrogens is 1. The summed E-state index contributed by atoms with van der Waals surface area (Å²) in [5, 5.41) is 3.50. The summed E-state index contributed by atoms with van der Waals surface area (Å²) in [5.74, 6) is -1.32. The van der Waals surface area contributed by atoms with Gasteiger partial charge in [0.25, 0.3) is 0 Å². The molecule has 1 saturated carbocycles. The SMILES string of the molecule is O=C(CC1CCC(F)(F)CC1)N1Cc2ccc(N3C4CCC3CNC4)nc2C1.